The van der Waals surface area contributed by atoms with Crippen molar-refractivity contribution in [1.82, 2.24) is 5.32 Å². The number of benzene rings is 1. The smallest absolute Gasteiger partial charge is 0.307 e. The van der Waals surface area contributed by atoms with Gasteiger partial charge in [-0.25, -0.2) is 0 Å². The Kier molecular flexibility index (Phi) is 6.53. The number of methoxy groups -OCH3 is 1. The first kappa shape index (κ1) is 15.7. The van der Waals surface area contributed by atoms with Crippen molar-refractivity contribution in [2.75, 3.05) is 7.11 Å². The van der Waals surface area contributed by atoms with Crippen LogP contribution in [0, 0.1) is 0 Å². The van der Waals surface area contributed by atoms with Crippen LogP contribution in [-0.4, -0.2) is 30.3 Å². The van der Waals surface area contributed by atoms with Crippen LogP contribution in [0.1, 0.15) is 38.4 Å². The Morgan fingerprint density at radius 3 is 2.53 bits per heavy atom. The maximum absolute atomic E-state index is 11.5. The van der Waals surface area contributed by atoms with Gasteiger partial charge in [0.05, 0.1) is 19.6 Å². The highest BCUT2D eigenvalue weighted by atomic mass is 16.5. The quantitative estimate of drug-likeness (QED) is 0.741. The molecule has 0 saturated carbocycles. The summed E-state index contributed by atoms with van der Waals surface area (Å²) in [5, 5.41) is 13.7. The van der Waals surface area contributed by atoms with Gasteiger partial charge in [-0.1, -0.05) is 37.3 Å². The summed E-state index contributed by atoms with van der Waals surface area (Å²) in [4.78, 5) is 11.5. The van der Waals surface area contributed by atoms with E-state index in [1.807, 2.05) is 37.3 Å². The summed E-state index contributed by atoms with van der Waals surface area (Å²) in [7, 11) is 1.36. The van der Waals surface area contributed by atoms with Crippen molar-refractivity contribution in [2.45, 2.75) is 44.9 Å². The molecule has 1 rings (SSSR count). The van der Waals surface area contributed by atoms with Gasteiger partial charge in [-0.3, -0.25) is 4.79 Å². The van der Waals surface area contributed by atoms with Gasteiger partial charge in [0.1, 0.15) is 0 Å². The monoisotopic (exact) mass is 265 g/mol. The van der Waals surface area contributed by atoms with E-state index in [4.69, 9.17) is 4.74 Å². The van der Waals surface area contributed by atoms with E-state index in [1.165, 1.54) is 7.11 Å². The lowest BCUT2D eigenvalue weighted by atomic mass is 9.98. The maximum Gasteiger partial charge on any atom is 0.307 e. The summed E-state index contributed by atoms with van der Waals surface area (Å²) in [5.41, 5.74) is 0.798. The van der Waals surface area contributed by atoms with Crippen LogP contribution in [0.15, 0.2) is 30.3 Å². The topological polar surface area (TPSA) is 58.6 Å². The van der Waals surface area contributed by atoms with Gasteiger partial charge < -0.3 is 15.2 Å². The second-order valence-electron chi connectivity index (χ2n) is 4.72. The lowest BCUT2D eigenvalue weighted by molar-refractivity contribution is -0.142. The third kappa shape index (κ3) is 5.01. The molecule has 0 bridgehead atoms. The molecule has 2 N–H and O–H groups in total. The van der Waals surface area contributed by atoms with Crippen molar-refractivity contribution < 1.29 is 14.6 Å². The van der Waals surface area contributed by atoms with E-state index >= 15 is 0 Å². The van der Waals surface area contributed by atoms with Crippen LogP contribution in [0.2, 0.25) is 0 Å². The number of ether oxygens (including phenoxy) is 1. The molecular formula is C15H23NO3. The largest absolute Gasteiger partial charge is 0.469 e. The number of carbonyl (C=O) groups excluding carboxylic acids is 1. The molecule has 19 heavy (non-hydrogen) atoms. The lowest BCUT2D eigenvalue weighted by Gasteiger charge is -2.26. The summed E-state index contributed by atoms with van der Waals surface area (Å²) in [6, 6.07) is 9.24. The Labute approximate surface area is 114 Å². The summed E-state index contributed by atoms with van der Waals surface area (Å²) >= 11 is 0. The van der Waals surface area contributed by atoms with E-state index in [0.717, 1.165) is 12.0 Å². The van der Waals surface area contributed by atoms with E-state index in [0.29, 0.717) is 0 Å². The van der Waals surface area contributed by atoms with Gasteiger partial charge in [0.15, 0.2) is 0 Å². The SMILES string of the molecule is CCC(C)NC(CC(=O)OC)C(O)c1ccccc1. The zero-order chi connectivity index (χ0) is 14.3. The van der Waals surface area contributed by atoms with Crippen molar-refractivity contribution in [3.8, 4) is 0 Å². The zero-order valence-corrected chi connectivity index (χ0v) is 11.8. The number of nitrogens with one attached hydrogen (secondary N) is 1. The predicted molar refractivity (Wildman–Crippen MR) is 74.7 cm³/mol. The fourth-order valence-electron chi connectivity index (χ4n) is 1.89. The van der Waals surface area contributed by atoms with Gasteiger partial charge >= 0.3 is 5.97 Å². The molecule has 3 unspecified atom stereocenters. The van der Waals surface area contributed by atoms with Crippen LogP contribution < -0.4 is 5.32 Å². The highest BCUT2D eigenvalue weighted by Crippen LogP contribution is 2.19. The zero-order valence-electron chi connectivity index (χ0n) is 11.8. The average molecular weight is 265 g/mol. The first-order valence-electron chi connectivity index (χ1n) is 6.64. The Hall–Kier alpha value is -1.39. The van der Waals surface area contributed by atoms with E-state index in [1.54, 1.807) is 0 Å². The molecule has 106 valence electrons. The third-order valence-electron chi connectivity index (χ3n) is 3.25. The number of hydrogen-bond donors (Lipinski definition) is 2. The second-order valence-corrected chi connectivity index (χ2v) is 4.72. The van der Waals surface area contributed by atoms with Crippen LogP contribution >= 0.6 is 0 Å². The van der Waals surface area contributed by atoms with Crippen molar-refractivity contribution in [2.24, 2.45) is 0 Å². The molecule has 4 nitrogen and oxygen atoms in total. The maximum atomic E-state index is 11.5. The molecule has 0 amide bonds. The Morgan fingerprint density at radius 1 is 1.37 bits per heavy atom. The van der Waals surface area contributed by atoms with Crippen molar-refractivity contribution in [3.05, 3.63) is 35.9 Å². The Balaban J connectivity index is 2.79. The molecule has 4 heteroatoms. The Bertz CT molecular complexity index is 380. The number of hydrogen-bond acceptors (Lipinski definition) is 4. The fraction of sp³-hybridized carbons (Fsp3) is 0.533. The van der Waals surface area contributed by atoms with E-state index in [2.05, 4.69) is 12.2 Å². The molecule has 0 saturated heterocycles. The fourth-order valence-corrected chi connectivity index (χ4v) is 1.89. The van der Waals surface area contributed by atoms with Crippen molar-refractivity contribution in [3.63, 3.8) is 0 Å². The van der Waals surface area contributed by atoms with Gasteiger partial charge in [0.2, 0.25) is 0 Å². The van der Waals surface area contributed by atoms with Crippen LogP contribution in [-0.2, 0) is 9.53 Å². The molecule has 0 radical (unpaired) electrons. The molecule has 0 aliphatic heterocycles. The van der Waals surface area contributed by atoms with Crippen LogP contribution in [0.5, 0.6) is 0 Å². The molecular weight excluding hydrogens is 242 g/mol. The molecule has 1 aromatic carbocycles. The van der Waals surface area contributed by atoms with Crippen LogP contribution in [0.4, 0.5) is 0 Å². The van der Waals surface area contributed by atoms with E-state index in [9.17, 15) is 9.90 Å². The lowest BCUT2D eigenvalue weighted by Crippen LogP contribution is -2.42. The number of carbonyl (C=O) groups is 1. The van der Waals surface area contributed by atoms with Gasteiger partial charge in [-0.15, -0.1) is 0 Å². The van der Waals surface area contributed by atoms with Gasteiger partial charge in [-0.2, -0.15) is 0 Å². The summed E-state index contributed by atoms with van der Waals surface area (Å²) in [6.45, 7) is 4.09. The van der Waals surface area contributed by atoms with E-state index < -0.39 is 6.10 Å². The standard InChI is InChI=1S/C15H23NO3/c1-4-11(2)16-13(10-14(17)19-3)15(18)12-8-6-5-7-9-12/h5-9,11,13,15-16,18H,4,10H2,1-3H3. The molecule has 3 atom stereocenters. The number of aliphatic hydroxyl groups is 1. The minimum absolute atomic E-state index is 0.150. The predicted octanol–water partition coefficient (Wildman–Crippen LogP) is 2.04. The van der Waals surface area contributed by atoms with Gasteiger partial charge in [-0.05, 0) is 18.9 Å². The number of esters is 1. The van der Waals surface area contributed by atoms with E-state index in [-0.39, 0.29) is 24.5 Å². The summed E-state index contributed by atoms with van der Waals surface area (Å²) in [5.74, 6) is -0.323. The summed E-state index contributed by atoms with van der Waals surface area (Å²) in [6.07, 6.45) is 0.352. The highest BCUT2D eigenvalue weighted by molar-refractivity contribution is 5.70. The number of rotatable bonds is 7. The molecule has 0 aromatic heterocycles. The molecule has 0 spiro atoms. The van der Waals surface area contributed by atoms with Gasteiger partial charge in [0, 0.05) is 12.1 Å². The van der Waals surface area contributed by atoms with Crippen molar-refractivity contribution in [1.29, 1.82) is 0 Å². The molecule has 0 aliphatic rings. The first-order valence-corrected chi connectivity index (χ1v) is 6.64. The first-order chi connectivity index (χ1) is 9.08. The molecule has 0 fully saturated rings. The third-order valence-corrected chi connectivity index (χ3v) is 3.25. The molecule has 0 heterocycles. The van der Waals surface area contributed by atoms with Crippen LogP contribution in [0.3, 0.4) is 0 Å². The average Bonchev–Trinajstić information content (AvgIpc) is 2.46. The van der Waals surface area contributed by atoms with Crippen molar-refractivity contribution >= 4 is 5.97 Å². The summed E-state index contributed by atoms with van der Waals surface area (Å²) < 4.78 is 4.69. The normalized spacial score (nSPS) is 15.6. The minimum Gasteiger partial charge on any atom is -0.469 e. The molecule has 1 aromatic rings. The highest BCUT2D eigenvalue weighted by Gasteiger charge is 2.24. The minimum atomic E-state index is -0.728. The second kappa shape index (κ2) is 7.92. The van der Waals surface area contributed by atoms with Gasteiger partial charge in [0.25, 0.3) is 0 Å². The van der Waals surface area contributed by atoms with Crippen LogP contribution in [0.25, 0.3) is 0 Å². The number of aliphatic hydroxyl groups excluding tert-OH is 1. The Morgan fingerprint density at radius 2 is 2.00 bits per heavy atom. The molecule has 0 aliphatic carbocycles.